The molecule has 0 unspecified atom stereocenters. The molecule has 0 bridgehead atoms. The number of sulfonamides is 1. The molecule has 0 radical (unpaired) electrons. The maximum Gasteiger partial charge on any atom is 0.243 e. The van der Waals surface area contributed by atoms with Crippen molar-refractivity contribution < 1.29 is 22.0 Å². The van der Waals surface area contributed by atoms with Crippen molar-refractivity contribution in [2.75, 3.05) is 36.4 Å². The van der Waals surface area contributed by atoms with Gasteiger partial charge < -0.3 is 10.2 Å². The van der Waals surface area contributed by atoms with Crippen LogP contribution in [0.4, 0.5) is 20.2 Å². The molecule has 1 N–H and O–H groups in total. The molecule has 2 heterocycles. The van der Waals surface area contributed by atoms with Gasteiger partial charge in [-0.05, 0) is 68.5 Å². The fraction of sp³-hybridized carbons (Fsp3) is 0.435. The number of nitrogens with zero attached hydrogens (tertiary/aromatic N) is 2. The third kappa shape index (κ3) is 5.31. The molecular formula is C23H26ClF2N3O3S. The van der Waals surface area contributed by atoms with Gasteiger partial charge in [-0.2, -0.15) is 4.31 Å². The van der Waals surface area contributed by atoms with Gasteiger partial charge in [0.05, 0.1) is 21.3 Å². The van der Waals surface area contributed by atoms with Crippen molar-refractivity contribution in [3.05, 3.63) is 53.1 Å². The largest absolute Gasteiger partial charge is 0.370 e. The summed E-state index contributed by atoms with van der Waals surface area (Å²) in [5, 5.41) is 2.61. The first kappa shape index (κ1) is 23.9. The molecule has 2 aliphatic rings. The molecule has 0 spiro atoms. The van der Waals surface area contributed by atoms with Crippen molar-refractivity contribution >= 4 is 38.9 Å². The zero-order chi connectivity index (χ0) is 23.6. The molecule has 2 aromatic carbocycles. The van der Waals surface area contributed by atoms with Crippen molar-refractivity contribution in [2.24, 2.45) is 5.92 Å². The summed E-state index contributed by atoms with van der Waals surface area (Å²) < 4.78 is 54.4. The molecule has 0 aromatic heterocycles. The lowest BCUT2D eigenvalue weighted by molar-refractivity contribution is -0.120. The Morgan fingerprint density at radius 2 is 1.67 bits per heavy atom. The highest BCUT2D eigenvalue weighted by atomic mass is 35.5. The van der Waals surface area contributed by atoms with E-state index in [1.54, 1.807) is 6.07 Å². The Morgan fingerprint density at radius 3 is 2.33 bits per heavy atom. The Morgan fingerprint density at radius 1 is 0.970 bits per heavy atom. The second-order valence-corrected chi connectivity index (χ2v) is 10.8. The van der Waals surface area contributed by atoms with Gasteiger partial charge >= 0.3 is 0 Å². The number of nitrogens with one attached hydrogen (secondary N) is 1. The predicted octanol–water partition coefficient (Wildman–Crippen LogP) is 4.65. The van der Waals surface area contributed by atoms with E-state index in [1.165, 1.54) is 22.5 Å². The quantitative estimate of drug-likeness (QED) is 0.653. The summed E-state index contributed by atoms with van der Waals surface area (Å²) in [4.78, 5) is 15.0. The topological polar surface area (TPSA) is 69.7 Å². The Kier molecular flexibility index (Phi) is 7.21. The lowest BCUT2D eigenvalue weighted by atomic mass is 9.97. The van der Waals surface area contributed by atoms with Crippen LogP contribution < -0.4 is 10.2 Å². The van der Waals surface area contributed by atoms with Gasteiger partial charge in [0.1, 0.15) is 11.6 Å². The highest BCUT2D eigenvalue weighted by molar-refractivity contribution is 7.89. The average molecular weight is 498 g/mol. The predicted molar refractivity (Wildman–Crippen MR) is 124 cm³/mol. The smallest absolute Gasteiger partial charge is 0.243 e. The number of halogens is 3. The molecule has 33 heavy (non-hydrogen) atoms. The van der Waals surface area contributed by atoms with Gasteiger partial charge in [-0.15, -0.1) is 0 Å². The van der Waals surface area contributed by atoms with Gasteiger partial charge in [-0.25, -0.2) is 17.2 Å². The van der Waals surface area contributed by atoms with Crippen LogP contribution in [0.1, 0.15) is 32.1 Å². The second-order valence-electron chi connectivity index (χ2n) is 8.45. The van der Waals surface area contributed by atoms with Gasteiger partial charge in [-0.3, -0.25) is 4.79 Å². The lowest BCUT2D eigenvalue weighted by Gasteiger charge is -2.32. The van der Waals surface area contributed by atoms with E-state index in [0.29, 0.717) is 18.5 Å². The van der Waals surface area contributed by atoms with Crippen LogP contribution in [0.2, 0.25) is 5.02 Å². The number of anilines is 2. The minimum absolute atomic E-state index is 0.0808. The third-order valence-electron chi connectivity index (χ3n) is 6.27. The highest BCUT2D eigenvalue weighted by Crippen LogP contribution is 2.31. The van der Waals surface area contributed by atoms with Crippen molar-refractivity contribution in [3.8, 4) is 0 Å². The average Bonchev–Trinajstić information content (AvgIpc) is 2.81. The molecule has 2 aromatic rings. The molecule has 2 saturated heterocycles. The minimum atomic E-state index is -3.84. The number of benzene rings is 2. The molecule has 0 saturated carbocycles. The lowest BCUT2D eigenvalue weighted by Crippen LogP contribution is -2.41. The molecule has 0 atom stereocenters. The number of rotatable bonds is 5. The Bertz CT molecular complexity index is 1130. The number of piperidine rings is 2. The summed E-state index contributed by atoms with van der Waals surface area (Å²) in [6, 6.07) is 7.72. The molecule has 178 valence electrons. The summed E-state index contributed by atoms with van der Waals surface area (Å²) >= 11 is 5.74. The van der Waals surface area contributed by atoms with Gasteiger partial charge in [0.2, 0.25) is 15.9 Å². The van der Waals surface area contributed by atoms with Crippen molar-refractivity contribution in [2.45, 2.75) is 37.0 Å². The monoisotopic (exact) mass is 497 g/mol. The van der Waals surface area contributed by atoms with Crippen molar-refractivity contribution in [1.29, 1.82) is 0 Å². The van der Waals surface area contributed by atoms with Crippen molar-refractivity contribution in [1.82, 2.24) is 4.31 Å². The summed E-state index contributed by atoms with van der Waals surface area (Å²) in [6.45, 7) is 2.02. The Balaban J connectivity index is 1.42. The van der Waals surface area contributed by atoms with Crippen LogP contribution in [0.15, 0.2) is 41.3 Å². The van der Waals surface area contributed by atoms with E-state index in [4.69, 9.17) is 11.6 Å². The Hall–Kier alpha value is -2.23. The van der Waals surface area contributed by atoms with E-state index in [-0.39, 0.29) is 28.9 Å². The standard InChI is InChI=1S/C23H26ClF2N3O3S/c24-19-15-18(5-6-20(19)26)33(31,32)29-12-8-16(9-13-29)23(30)27-21-14-17(25)4-7-22(21)28-10-2-1-3-11-28/h4-7,14-16H,1-3,8-13H2,(H,27,30). The van der Waals surface area contributed by atoms with Crippen LogP contribution in [-0.4, -0.2) is 44.8 Å². The van der Waals surface area contributed by atoms with Gasteiger partial charge in [-0.1, -0.05) is 11.6 Å². The highest BCUT2D eigenvalue weighted by Gasteiger charge is 2.33. The Labute approximate surface area is 197 Å². The molecule has 10 heteroatoms. The van der Waals surface area contributed by atoms with E-state index < -0.39 is 27.6 Å². The van der Waals surface area contributed by atoms with Crippen LogP contribution in [0, 0.1) is 17.6 Å². The molecule has 1 amide bonds. The van der Waals surface area contributed by atoms with E-state index in [2.05, 4.69) is 10.2 Å². The van der Waals surface area contributed by atoms with E-state index >= 15 is 0 Å². The fourth-order valence-electron chi connectivity index (χ4n) is 4.40. The van der Waals surface area contributed by atoms with E-state index in [0.717, 1.165) is 50.2 Å². The molecule has 4 rings (SSSR count). The van der Waals surface area contributed by atoms with Crippen LogP contribution in [0.3, 0.4) is 0 Å². The maximum absolute atomic E-state index is 13.9. The molecule has 2 aliphatic heterocycles. The summed E-state index contributed by atoms with van der Waals surface area (Å²) in [7, 11) is -3.84. The molecule has 0 aliphatic carbocycles. The molecule has 2 fully saturated rings. The minimum Gasteiger partial charge on any atom is -0.370 e. The van der Waals surface area contributed by atoms with Gasteiger partial charge in [0.15, 0.2) is 0 Å². The fourth-order valence-corrected chi connectivity index (χ4v) is 6.14. The number of amides is 1. The van der Waals surface area contributed by atoms with Crippen LogP contribution >= 0.6 is 11.6 Å². The van der Waals surface area contributed by atoms with Crippen LogP contribution in [0.25, 0.3) is 0 Å². The summed E-state index contributed by atoms with van der Waals surface area (Å²) in [5.74, 6) is -1.76. The first-order chi connectivity index (χ1) is 15.8. The normalized spacial score (nSPS) is 18.3. The SMILES string of the molecule is O=C(Nc1cc(F)ccc1N1CCCCC1)C1CCN(S(=O)(=O)c2ccc(F)c(Cl)c2)CC1. The molecule has 6 nitrogen and oxygen atoms in total. The van der Waals surface area contributed by atoms with E-state index in [9.17, 15) is 22.0 Å². The third-order valence-corrected chi connectivity index (χ3v) is 8.45. The van der Waals surface area contributed by atoms with Crippen molar-refractivity contribution in [3.63, 3.8) is 0 Å². The van der Waals surface area contributed by atoms with Crippen LogP contribution in [-0.2, 0) is 14.8 Å². The zero-order valence-corrected chi connectivity index (χ0v) is 19.6. The van der Waals surface area contributed by atoms with Gasteiger partial charge in [0, 0.05) is 32.1 Å². The number of carbonyl (C=O) groups is 1. The molecular weight excluding hydrogens is 472 g/mol. The first-order valence-corrected chi connectivity index (χ1v) is 12.9. The maximum atomic E-state index is 13.9. The van der Waals surface area contributed by atoms with Gasteiger partial charge in [0.25, 0.3) is 0 Å². The zero-order valence-electron chi connectivity index (χ0n) is 18.1. The first-order valence-electron chi connectivity index (χ1n) is 11.1. The number of hydrogen-bond acceptors (Lipinski definition) is 4. The number of hydrogen-bond donors (Lipinski definition) is 1. The summed E-state index contributed by atoms with van der Waals surface area (Å²) in [6.07, 6.45) is 3.92. The number of carbonyl (C=O) groups excluding carboxylic acids is 1. The second kappa shape index (κ2) is 9.95. The summed E-state index contributed by atoms with van der Waals surface area (Å²) in [5.41, 5.74) is 1.25. The van der Waals surface area contributed by atoms with Crippen LogP contribution in [0.5, 0.6) is 0 Å². The van der Waals surface area contributed by atoms with E-state index in [1.807, 2.05) is 0 Å².